The Kier molecular flexibility index (Phi) is 5.83. The number of hydrogen-bond acceptors (Lipinski definition) is 3. The molecule has 33 heavy (non-hydrogen) atoms. The number of fused-ring (bicyclic) bond motifs is 1. The number of ketones is 1. The van der Waals surface area contributed by atoms with Crippen LogP contribution in [0.25, 0.3) is 33.4 Å². The number of rotatable bonds is 5. The van der Waals surface area contributed by atoms with E-state index in [2.05, 4.69) is 65.1 Å². The fourth-order valence-corrected chi connectivity index (χ4v) is 4.81. The number of furan rings is 1. The van der Waals surface area contributed by atoms with Gasteiger partial charge in [-0.2, -0.15) is 0 Å². The molecular weight excluding hydrogens is 424 g/mol. The van der Waals surface area contributed by atoms with E-state index in [9.17, 15) is 4.79 Å². The van der Waals surface area contributed by atoms with E-state index in [0.29, 0.717) is 5.56 Å². The van der Waals surface area contributed by atoms with Gasteiger partial charge in [-0.25, -0.2) is 0 Å². The first-order valence-electron chi connectivity index (χ1n) is 11.4. The molecule has 0 N–H and O–H groups in total. The summed E-state index contributed by atoms with van der Waals surface area (Å²) < 4.78 is 13.2. The quantitative estimate of drug-likeness (QED) is 0.223. The zero-order valence-electron chi connectivity index (χ0n) is 20.6. The lowest BCUT2D eigenvalue weighted by atomic mass is 9.96. The summed E-state index contributed by atoms with van der Waals surface area (Å²) in [5.74, 6) is 1.77. The topological polar surface area (TPSA) is 39.4 Å². The van der Waals surface area contributed by atoms with Crippen molar-refractivity contribution in [3.63, 3.8) is 0 Å². The third kappa shape index (κ3) is 4.40. The summed E-state index contributed by atoms with van der Waals surface area (Å²) in [6, 6.07) is 22.1. The molecule has 170 valence electrons. The zero-order valence-corrected chi connectivity index (χ0v) is 21.6. The molecule has 0 aliphatic heterocycles. The van der Waals surface area contributed by atoms with Gasteiger partial charge in [0.05, 0.1) is 0 Å². The van der Waals surface area contributed by atoms with Gasteiger partial charge in [-0.3, -0.25) is 4.79 Å². The van der Waals surface area contributed by atoms with Gasteiger partial charge in [0.15, 0.2) is 5.78 Å². The van der Waals surface area contributed by atoms with Gasteiger partial charge >= 0.3 is 0 Å². The molecule has 4 rings (SSSR count). The number of carbonyl (C=O) groups excluding carboxylic acids is 1. The van der Waals surface area contributed by atoms with E-state index < -0.39 is 8.32 Å². The molecule has 0 saturated carbocycles. The molecule has 0 fully saturated rings. The van der Waals surface area contributed by atoms with Crippen molar-refractivity contribution < 1.29 is 13.6 Å². The van der Waals surface area contributed by atoms with Gasteiger partial charge in [-0.1, -0.05) is 75.4 Å². The number of aryl methyl sites for hydroxylation is 1. The summed E-state index contributed by atoms with van der Waals surface area (Å²) in [6.07, 6.45) is 0. The smallest absolute Gasteiger partial charge is 0.250 e. The van der Waals surface area contributed by atoms with E-state index in [0.717, 1.165) is 44.7 Å². The maximum atomic E-state index is 11.8. The van der Waals surface area contributed by atoms with Crippen molar-refractivity contribution in [2.45, 2.75) is 52.8 Å². The van der Waals surface area contributed by atoms with Crippen molar-refractivity contribution in [2.75, 3.05) is 0 Å². The molecule has 0 spiro atoms. The molecule has 0 saturated heterocycles. The maximum Gasteiger partial charge on any atom is 0.250 e. The molecular formula is C29H32O3Si. The average Bonchev–Trinajstić information content (AvgIpc) is 3.13. The Hall–Kier alpha value is -3.11. The molecule has 0 amide bonds. The summed E-state index contributed by atoms with van der Waals surface area (Å²) in [7, 11) is -2.00. The Bertz CT molecular complexity index is 1310. The van der Waals surface area contributed by atoms with Crippen LogP contribution >= 0.6 is 0 Å². The predicted molar refractivity (Wildman–Crippen MR) is 140 cm³/mol. The van der Waals surface area contributed by atoms with Crippen molar-refractivity contribution in [3.8, 4) is 28.2 Å². The summed E-state index contributed by atoms with van der Waals surface area (Å²) in [6.45, 7) is 14.9. The van der Waals surface area contributed by atoms with Crippen molar-refractivity contribution in [2.24, 2.45) is 0 Å². The fraction of sp³-hybridized carbons (Fsp3) is 0.276. The predicted octanol–water partition coefficient (Wildman–Crippen LogP) is 8.66. The van der Waals surface area contributed by atoms with Crippen molar-refractivity contribution in [3.05, 3.63) is 77.9 Å². The summed E-state index contributed by atoms with van der Waals surface area (Å²) in [4.78, 5) is 11.8. The van der Waals surface area contributed by atoms with Crippen LogP contribution in [0, 0.1) is 6.92 Å². The minimum atomic E-state index is -2.00. The molecule has 0 aliphatic carbocycles. The number of hydrogen-bond donors (Lipinski definition) is 0. The highest BCUT2D eigenvalue weighted by atomic mass is 28.4. The lowest BCUT2D eigenvalue weighted by molar-refractivity contribution is 0.101. The summed E-state index contributed by atoms with van der Waals surface area (Å²) in [5.41, 5.74) is 5.67. The molecule has 0 radical (unpaired) electrons. The van der Waals surface area contributed by atoms with Crippen LogP contribution in [0.1, 0.15) is 43.6 Å². The van der Waals surface area contributed by atoms with Crippen LogP contribution in [-0.2, 0) is 0 Å². The minimum absolute atomic E-state index is 0.0581. The van der Waals surface area contributed by atoms with Crippen LogP contribution in [-0.4, -0.2) is 14.1 Å². The minimum Gasteiger partial charge on any atom is -0.543 e. The van der Waals surface area contributed by atoms with E-state index >= 15 is 0 Å². The molecule has 0 bridgehead atoms. The highest BCUT2D eigenvalue weighted by molar-refractivity contribution is 6.74. The third-order valence-corrected chi connectivity index (χ3v) is 11.1. The number of benzene rings is 3. The lowest BCUT2D eigenvalue weighted by Crippen LogP contribution is -2.43. The van der Waals surface area contributed by atoms with E-state index in [1.807, 2.05) is 42.5 Å². The van der Waals surface area contributed by atoms with Gasteiger partial charge < -0.3 is 8.84 Å². The van der Waals surface area contributed by atoms with Crippen LogP contribution < -0.4 is 4.43 Å². The Morgan fingerprint density at radius 2 is 1.55 bits per heavy atom. The van der Waals surface area contributed by atoms with Gasteiger partial charge in [0, 0.05) is 22.1 Å². The SMILES string of the molecule is CC(=O)c1ccc(-c2c(-c3ccccc3)oc3c(C)cc(O[Si](C)(C)C(C)(C)C)cc23)cc1. The first kappa shape index (κ1) is 23.1. The first-order chi connectivity index (χ1) is 15.5. The van der Waals surface area contributed by atoms with Crippen molar-refractivity contribution in [1.82, 2.24) is 0 Å². The standard InChI is InChI=1S/C29H32O3Si/c1-19-17-24(32-33(6,7)29(3,4)5)18-25-26(22-15-13-21(14-16-22)20(2)30)28(31-27(19)25)23-11-9-8-10-12-23/h8-18H,1-7H3. The molecule has 3 aromatic carbocycles. The van der Waals surface area contributed by atoms with Crippen LogP contribution in [0.5, 0.6) is 5.75 Å². The van der Waals surface area contributed by atoms with Crippen molar-refractivity contribution in [1.29, 1.82) is 0 Å². The average molecular weight is 457 g/mol. The second-order valence-corrected chi connectivity index (χ2v) is 15.0. The maximum absolute atomic E-state index is 11.8. The second-order valence-electron chi connectivity index (χ2n) is 10.3. The van der Waals surface area contributed by atoms with Crippen molar-refractivity contribution >= 4 is 25.1 Å². The molecule has 0 aliphatic rings. The number of Topliss-reactive ketones (excluding diaryl/α,β-unsaturated/α-hetero) is 1. The largest absolute Gasteiger partial charge is 0.543 e. The Morgan fingerprint density at radius 1 is 0.909 bits per heavy atom. The third-order valence-electron chi connectivity index (χ3n) is 6.74. The van der Waals surface area contributed by atoms with Gasteiger partial charge in [-0.05, 0) is 55.2 Å². The zero-order chi connectivity index (χ0) is 24.0. The molecule has 3 nitrogen and oxygen atoms in total. The molecule has 4 aromatic rings. The normalized spacial score (nSPS) is 12.2. The molecule has 0 atom stereocenters. The van der Waals surface area contributed by atoms with Gasteiger partial charge in [0.2, 0.25) is 8.32 Å². The monoisotopic (exact) mass is 456 g/mol. The van der Waals surface area contributed by atoms with Crippen LogP contribution in [0.2, 0.25) is 18.1 Å². The molecule has 1 heterocycles. The van der Waals surface area contributed by atoms with Crippen LogP contribution in [0.3, 0.4) is 0 Å². The first-order valence-corrected chi connectivity index (χ1v) is 14.3. The highest BCUT2D eigenvalue weighted by Crippen LogP contribution is 2.44. The van der Waals surface area contributed by atoms with E-state index in [-0.39, 0.29) is 10.8 Å². The lowest BCUT2D eigenvalue weighted by Gasteiger charge is -2.36. The van der Waals surface area contributed by atoms with Crippen LogP contribution in [0.15, 0.2) is 71.1 Å². The Labute approximate surface area is 197 Å². The van der Waals surface area contributed by atoms with Gasteiger partial charge in [0.1, 0.15) is 17.1 Å². The van der Waals surface area contributed by atoms with Crippen LogP contribution in [0.4, 0.5) is 0 Å². The summed E-state index contributed by atoms with van der Waals surface area (Å²) >= 11 is 0. The molecule has 0 unspecified atom stereocenters. The molecule has 4 heteroatoms. The highest BCUT2D eigenvalue weighted by Gasteiger charge is 2.39. The van der Waals surface area contributed by atoms with Gasteiger partial charge in [-0.15, -0.1) is 0 Å². The Balaban J connectivity index is 1.95. The van der Waals surface area contributed by atoms with Gasteiger partial charge in [0.25, 0.3) is 0 Å². The second kappa shape index (κ2) is 8.34. The van der Waals surface area contributed by atoms with E-state index in [1.54, 1.807) is 6.92 Å². The van der Waals surface area contributed by atoms with E-state index in [1.165, 1.54) is 0 Å². The number of carbonyl (C=O) groups is 1. The fourth-order valence-electron chi connectivity index (χ4n) is 3.80. The van der Waals surface area contributed by atoms with E-state index in [4.69, 9.17) is 8.84 Å². The molecule has 1 aromatic heterocycles. The Morgan fingerprint density at radius 3 is 2.12 bits per heavy atom. The summed E-state index contributed by atoms with van der Waals surface area (Å²) in [5, 5.41) is 1.13.